The summed E-state index contributed by atoms with van der Waals surface area (Å²) in [7, 11) is 1.37. The Labute approximate surface area is 197 Å². The summed E-state index contributed by atoms with van der Waals surface area (Å²) in [5.74, 6) is 1.77. The summed E-state index contributed by atoms with van der Waals surface area (Å²) in [5.41, 5.74) is 2.58. The number of carbonyl (C=O) groups is 1. The van der Waals surface area contributed by atoms with Crippen LogP contribution in [0, 0.1) is 11.8 Å². The third kappa shape index (κ3) is 6.71. The first-order valence-electron chi connectivity index (χ1n) is 12.3. The van der Waals surface area contributed by atoms with Gasteiger partial charge in [-0.15, -0.1) is 0 Å². The van der Waals surface area contributed by atoms with Gasteiger partial charge in [0.2, 0.25) is 0 Å². The van der Waals surface area contributed by atoms with Crippen molar-refractivity contribution < 1.29 is 14.3 Å². The molecule has 2 aliphatic rings. The highest BCUT2D eigenvalue weighted by atomic mass is 16.6. The van der Waals surface area contributed by atoms with Crippen molar-refractivity contribution in [3.05, 3.63) is 60.2 Å². The fraction of sp³-hybridized carbons (Fsp3) is 0.519. The summed E-state index contributed by atoms with van der Waals surface area (Å²) >= 11 is 0. The van der Waals surface area contributed by atoms with Gasteiger partial charge in [0, 0.05) is 31.4 Å². The number of esters is 1. The zero-order valence-electron chi connectivity index (χ0n) is 19.7. The van der Waals surface area contributed by atoms with Crippen molar-refractivity contribution in [3.8, 4) is 5.75 Å². The number of anilines is 1. The molecule has 0 radical (unpaired) electrons. The molecular weight excluding hydrogens is 414 g/mol. The predicted octanol–water partition coefficient (Wildman–Crippen LogP) is 3.61. The number of piperidine rings is 2. The Balaban J connectivity index is 1.33. The van der Waals surface area contributed by atoms with Crippen molar-refractivity contribution in [1.82, 2.24) is 10.6 Å². The summed E-state index contributed by atoms with van der Waals surface area (Å²) in [4.78, 5) is 13.7. The van der Waals surface area contributed by atoms with Gasteiger partial charge in [-0.25, -0.2) is 4.79 Å². The van der Waals surface area contributed by atoms with Crippen molar-refractivity contribution in [1.29, 1.82) is 0 Å². The minimum atomic E-state index is -0.370. The largest absolute Gasteiger partial charge is 0.482 e. The summed E-state index contributed by atoms with van der Waals surface area (Å²) < 4.78 is 10.1. The van der Waals surface area contributed by atoms with Gasteiger partial charge in [-0.05, 0) is 80.4 Å². The van der Waals surface area contributed by atoms with E-state index in [-0.39, 0.29) is 12.6 Å². The molecule has 0 saturated carbocycles. The molecule has 2 aromatic carbocycles. The minimum Gasteiger partial charge on any atom is -0.482 e. The first kappa shape index (κ1) is 23.6. The number of hydrogen-bond donors (Lipinski definition) is 2. The van der Waals surface area contributed by atoms with Crippen LogP contribution >= 0.6 is 0 Å². The highest BCUT2D eigenvalue weighted by Gasteiger charge is 2.32. The van der Waals surface area contributed by atoms with Gasteiger partial charge in [0.15, 0.2) is 6.61 Å². The lowest BCUT2D eigenvalue weighted by atomic mass is 9.78. The maximum absolute atomic E-state index is 11.3. The van der Waals surface area contributed by atoms with E-state index in [0.717, 1.165) is 38.6 Å². The normalized spacial score (nSPS) is 18.6. The molecule has 2 saturated heterocycles. The first-order valence-corrected chi connectivity index (χ1v) is 12.3. The van der Waals surface area contributed by atoms with Gasteiger partial charge >= 0.3 is 5.97 Å². The standard InChI is InChI=1S/C27H37N3O3/c1-32-26(31)20-33-25-9-7-24(8-10-25)30-17-13-23(14-18-30)27(22-11-15-28-16-12-22)29-19-21-5-3-2-4-6-21/h2-10,22-23,27-29H,11-20H2,1H3. The molecule has 0 aliphatic carbocycles. The van der Waals surface area contributed by atoms with Crippen molar-refractivity contribution in [2.75, 3.05) is 44.8 Å². The van der Waals surface area contributed by atoms with E-state index in [1.807, 2.05) is 12.1 Å². The Kier molecular flexibility index (Phi) is 8.61. The van der Waals surface area contributed by atoms with Gasteiger partial charge in [-0.2, -0.15) is 0 Å². The lowest BCUT2D eigenvalue weighted by molar-refractivity contribution is -0.142. The molecule has 2 fully saturated rings. The third-order valence-corrected chi connectivity index (χ3v) is 7.11. The molecule has 1 unspecified atom stereocenters. The predicted molar refractivity (Wildman–Crippen MR) is 132 cm³/mol. The van der Waals surface area contributed by atoms with E-state index < -0.39 is 0 Å². The summed E-state index contributed by atoms with van der Waals surface area (Å²) in [6.07, 6.45) is 4.94. The fourth-order valence-corrected chi connectivity index (χ4v) is 5.22. The summed E-state index contributed by atoms with van der Waals surface area (Å²) in [5, 5.41) is 7.49. The van der Waals surface area contributed by atoms with Crippen LogP contribution in [0.3, 0.4) is 0 Å². The van der Waals surface area contributed by atoms with Crippen LogP contribution in [0.5, 0.6) is 5.75 Å². The Morgan fingerprint density at radius 1 is 1.00 bits per heavy atom. The third-order valence-electron chi connectivity index (χ3n) is 7.11. The molecule has 2 aliphatic heterocycles. The molecule has 6 heteroatoms. The van der Waals surface area contributed by atoms with Gasteiger partial charge in [0.25, 0.3) is 0 Å². The molecule has 0 amide bonds. The Hall–Kier alpha value is -2.57. The molecule has 6 nitrogen and oxygen atoms in total. The van der Waals surface area contributed by atoms with E-state index in [1.165, 1.54) is 44.0 Å². The minimum absolute atomic E-state index is 0.0602. The summed E-state index contributed by atoms with van der Waals surface area (Å²) in [6.45, 7) is 5.30. The number of hydrogen-bond acceptors (Lipinski definition) is 6. The van der Waals surface area contributed by atoms with Gasteiger partial charge in [0.05, 0.1) is 7.11 Å². The number of carbonyl (C=O) groups excluding carboxylic acids is 1. The quantitative estimate of drug-likeness (QED) is 0.568. The maximum Gasteiger partial charge on any atom is 0.343 e. The van der Waals surface area contributed by atoms with E-state index >= 15 is 0 Å². The van der Waals surface area contributed by atoms with Crippen molar-refractivity contribution in [2.24, 2.45) is 11.8 Å². The summed E-state index contributed by atoms with van der Waals surface area (Å²) in [6, 6.07) is 19.4. The SMILES string of the molecule is COC(=O)COc1ccc(N2CCC(C(NCc3ccccc3)C3CCNCC3)CC2)cc1. The Morgan fingerprint density at radius 2 is 1.67 bits per heavy atom. The molecule has 178 valence electrons. The number of benzene rings is 2. The molecule has 0 bridgehead atoms. The molecule has 33 heavy (non-hydrogen) atoms. The number of rotatable bonds is 9. The van der Waals surface area contributed by atoms with E-state index in [0.29, 0.717) is 17.7 Å². The van der Waals surface area contributed by atoms with Crippen LogP contribution in [0.4, 0.5) is 5.69 Å². The molecular formula is C27H37N3O3. The number of nitrogens with zero attached hydrogens (tertiary/aromatic N) is 1. The van der Waals surface area contributed by atoms with E-state index in [1.54, 1.807) is 0 Å². The van der Waals surface area contributed by atoms with Crippen molar-refractivity contribution in [3.63, 3.8) is 0 Å². The average molecular weight is 452 g/mol. The van der Waals surface area contributed by atoms with Crippen LogP contribution in [0.2, 0.25) is 0 Å². The molecule has 0 aromatic heterocycles. The highest BCUT2D eigenvalue weighted by molar-refractivity contribution is 5.70. The first-order chi connectivity index (χ1) is 16.2. The highest BCUT2D eigenvalue weighted by Crippen LogP contribution is 2.32. The smallest absolute Gasteiger partial charge is 0.343 e. The second kappa shape index (κ2) is 12.1. The van der Waals surface area contributed by atoms with Crippen LogP contribution in [-0.2, 0) is 16.1 Å². The second-order valence-corrected chi connectivity index (χ2v) is 9.16. The van der Waals surface area contributed by atoms with Gasteiger partial charge in [-0.3, -0.25) is 0 Å². The van der Waals surface area contributed by atoms with E-state index in [9.17, 15) is 4.79 Å². The van der Waals surface area contributed by atoms with Crippen LogP contribution in [0.1, 0.15) is 31.2 Å². The van der Waals surface area contributed by atoms with Crippen molar-refractivity contribution >= 4 is 11.7 Å². The maximum atomic E-state index is 11.3. The number of nitrogens with one attached hydrogen (secondary N) is 2. The monoisotopic (exact) mass is 451 g/mol. The Morgan fingerprint density at radius 3 is 2.33 bits per heavy atom. The van der Waals surface area contributed by atoms with Crippen molar-refractivity contribution in [2.45, 2.75) is 38.3 Å². The molecule has 0 spiro atoms. The zero-order valence-corrected chi connectivity index (χ0v) is 19.7. The van der Waals surface area contributed by atoms with Gasteiger partial charge < -0.3 is 25.0 Å². The lowest BCUT2D eigenvalue weighted by Gasteiger charge is -2.42. The zero-order chi connectivity index (χ0) is 22.9. The van der Waals surface area contributed by atoms with Gasteiger partial charge in [-0.1, -0.05) is 30.3 Å². The van der Waals surface area contributed by atoms with Gasteiger partial charge in [0.1, 0.15) is 5.75 Å². The fourth-order valence-electron chi connectivity index (χ4n) is 5.22. The topological polar surface area (TPSA) is 62.8 Å². The lowest BCUT2D eigenvalue weighted by Crippen LogP contribution is -2.49. The molecule has 1 atom stereocenters. The molecule has 2 aromatic rings. The molecule has 4 rings (SSSR count). The average Bonchev–Trinajstić information content (AvgIpc) is 2.89. The van der Waals surface area contributed by atoms with E-state index in [2.05, 4.69) is 62.7 Å². The Bertz CT molecular complexity index is 845. The molecule has 2 N–H and O–H groups in total. The van der Waals surface area contributed by atoms with Crippen LogP contribution in [-0.4, -0.2) is 51.9 Å². The van der Waals surface area contributed by atoms with E-state index in [4.69, 9.17) is 4.74 Å². The number of methoxy groups -OCH3 is 1. The van der Waals surface area contributed by atoms with Crippen LogP contribution < -0.4 is 20.3 Å². The number of ether oxygens (including phenoxy) is 2. The van der Waals surface area contributed by atoms with Crippen LogP contribution in [0.15, 0.2) is 54.6 Å². The second-order valence-electron chi connectivity index (χ2n) is 9.16. The molecule has 2 heterocycles. The van der Waals surface area contributed by atoms with Crippen LogP contribution in [0.25, 0.3) is 0 Å².